The Kier molecular flexibility index (Phi) is 10.4. The fourth-order valence-corrected chi connectivity index (χ4v) is 4.90. The van der Waals surface area contributed by atoms with Crippen LogP contribution in [0.15, 0.2) is 85.7 Å². The van der Waals surface area contributed by atoms with Gasteiger partial charge in [-0.15, -0.1) is 4.98 Å². The van der Waals surface area contributed by atoms with Crippen molar-refractivity contribution in [3.05, 3.63) is 96.8 Å². The molecule has 5 aromatic rings. The van der Waals surface area contributed by atoms with Crippen LogP contribution in [0.3, 0.4) is 0 Å². The van der Waals surface area contributed by atoms with Crippen molar-refractivity contribution in [1.82, 2.24) is 39.8 Å². The number of carbonyl (C=O) groups is 1. The van der Waals surface area contributed by atoms with E-state index in [2.05, 4.69) is 48.8 Å². The maximum absolute atomic E-state index is 13.4. The highest BCUT2D eigenvalue weighted by Crippen LogP contribution is 2.20. The van der Waals surface area contributed by atoms with Gasteiger partial charge in [0.15, 0.2) is 5.82 Å². The highest BCUT2D eigenvalue weighted by molar-refractivity contribution is 5.74. The molecule has 1 aromatic carbocycles. The lowest BCUT2D eigenvalue weighted by Gasteiger charge is -2.18. The molecule has 0 aliphatic rings. The molecule has 4 aromatic heterocycles. The summed E-state index contributed by atoms with van der Waals surface area (Å²) in [6.07, 6.45) is 16.5. The Morgan fingerprint density at radius 2 is 1.91 bits per heavy atom. The van der Waals surface area contributed by atoms with E-state index in [0.29, 0.717) is 36.1 Å². The number of aromatic nitrogens is 7. The molecule has 12 nitrogen and oxygen atoms in total. The van der Waals surface area contributed by atoms with E-state index >= 15 is 0 Å². The fraction of sp³-hybridized carbons (Fsp3) is 0.273. The molecule has 228 valence electrons. The molecule has 5 rings (SSSR count). The van der Waals surface area contributed by atoms with Crippen molar-refractivity contribution in [1.29, 1.82) is 5.26 Å². The summed E-state index contributed by atoms with van der Waals surface area (Å²) in [7, 11) is 1.87. The van der Waals surface area contributed by atoms with Gasteiger partial charge in [-0.2, -0.15) is 25.0 Å². The van der Waals surface area contributed by atoms with Crippen LogP contribution in [0.1, 0.15) is 50.2 Å². The summed E-state index contributed by atoms with van der Waals surface area (Å²) in [6.45, 7) is 2.54. The number of nitrogens with one attached hydrogen (secondary N) is 2. The molecule has 0 saturated heterocycles. The Hall–Kier alpha value is -5.70. The van der Waals surface area contributed by atoms with Gasteiger partial charge in [0.25, 0.3) is 5.82 Å². The van der Waals surface area contributed by atoms with Crippen LogP contribution in [0, 0.1) is 11.3 Å². The number of nitriles is 1. The van der Waals surface area contributed by atoms with Gasteiger partial charge in [-0.05, 0) is 43.4 Å². The van der Waals surface area contributed by atoms with E-state index in [-0.39, 0.29) is 12.1 Å². The summed E-state index contributed by atoms with van der Waals surface area (Å²) in [5, 5.41) is 24.4. The summed E-state index contributed by atoms with van der Waals surface area (Å²) in [6, 6.07) is 17.4. The SMILES string of the molecule is CCC[C@H](CCC/C=[N+](\C(=O)NCc1ccccc1)c1ccc(-c2cnn(C)c2)cn1)Nc1ncc(C#N)c(-n2cccn2)n1. The number of carbonyl (C=O) groups excluding carboxylic acids is 1. The predicted molar refractivity (Wildman–Crippen MR) is 171 cm³/mol. The molecule has 2 N–H and O–H groups in total. The van der Waals surface area contributed by atoms with Crippen LogP contribution < -0.4 is 10.6 Å². The smallest absolute Gasteiger partial charge is 0.351 e. The molecule has 12 heteroatoms. The van der Waals surface area contributed by atoms with Crippen molar-refractivity contribution >= 4 is 24.0 Å². The van der Waals surface area contributed by atoms with E-state index in [9.17, 15) is 10.1 Å². The van der Waals surface area contributed by atoms with Gasteiger partial charge in [-0.1, -0.05) is 43.7 Å². The van der Waals surface area contributed by atoms with E-state index in [0.717, 1.165) is 42.4 Å². The first-order chi connectivity index (χ1) is 22.0. The van der Waals surface area contributed by atoms with Crippen LogP contribution in [-0.4, -0.2) is 57.4 Å². The Balaban J connectivity index is 1.28. The normalized spacial score (nSPS) is 12.0. The van der Waals surface area contributed by atoms with Crippen LogP contribution in [0.5, 0.6) is 0 Å². The number of nitrogens with zero attached hydrogens (tertiary/aromatic N) is 9. The van der Waals surface area contributed by atoms with Gasteiger partial charge in [0.2, 0.25) is 5.95 Å². The summed E-state index contributed by atoms with van der Waals surface area (Å²) in [5.41, 5.74) is 3.24. The molecule has 1 atom stereocenters. The molecule has 0 fully saturated rings. The second kappa shape index (κ2) is 15.2. The van der Waals surface area contributed by atoms with Gasteiger partial charge in [-0.3, -0.25) is 10.00 Å². The zero-order valence-electron chi connectivity index (χ0n) is 25.4. The first-order valence-electron chi connectivity index (χ1n) is 15.0. The average molecular weight is 603 g/mol. The van der Waals surface area contributed by atoms with Crippen LogP contribution >= 0.6 is 0 Å². The van der Waals surface area contributed by atoms with Gasteiger partial charge in [0, 0.05) is 48.9 Å². The number of urea groups is 1. The molecule has 0 aliphatic heterocycles. The van der Waals surface area contributed by atoms with Crippen molar-refractivity contribution in [2.24, 2.45) is 7.05 Å². The van der Waals surface area contributed by atoms with E-state index in [1.807, 2.05) is 61.9 Å². The number of hydrogen-bond acceptors (Lipinski definition) is 8. The molecule has 0 radical (unpaired) electrons. The van der Waals surface area contributed by atoms with Crippen molar-refractivity contribution in [2.75, 3.05) is 5.32 Å². The van der Waals surface area contributed by atoms with Gasteiger partial charge < -0.3 is 5.32 Å². The van der Waals surface area contributed by atoms with E-state index < -0.39 is 0 Å². The van der Waals surface area contributed by atoms with Gasteiger partial charge in [0.05, 0.1) is 25.2 Å². The maximum Gasteiger partial charge on any atom is 0.441 e. The number of rotatable bonds is 13. The molecular formula is C33H36N11O+. The molecule has 0 aliphatic carbocycles. The third-order valence-corrected chi connectivity index (χ3v) is 7.19. The van der Waals surface area contributed by atoms with Crippen molar-refractivity contribution in [2.45, 2.75) is 51.6 Å². The third kappa shape index (κ3) is 8.23. The minimum absolute atomic E-state index is 0.110. The van der Waals surface area contributed by atoms with Crippen molar-refractivity contribution < 1.29 is 9.37 Å². The molecule has 0 spiro atoms. The Bertz CT molecular complexity index is 1750. The lowest BCUT2D eigenvalue weighted by Crippen LogP contribution is -2.31. The first-order valence-corrected chi connectivity index (χ1v) is 15.0. The fourth-order valence-electron chi connectivity index (χ4n) is 4.90. The van der Waals surface area contributed by atoms with Crippen LogP contribution in [0.4, 0.5) is 16.6 Å². The molecule has 2 amide bonds. The number of aryl methyl sites for hydroxylation is 1. The number of amides is 2. The second-order valence-electron chi connectivity index (χ2n) is 10.6. The second-order valence-corrected chi connectivity index (χ2v) is 10.6. The minimum Gasteiger partial charge on any atom is -0.351 e. The average Bonchev–Trinajstić information content (AvgIpc) is 3.77. The minimum atomic E-state index is -0.249. The lowest BCUT2D eigenvalue weighted by atomic mass is 10.1. The molecule has 45 heavy (non-hydrogen) atoms. The Labute approximate surface area is 262 Å². The summed E-state index contributed by atoms with van der Waals surface area (Å²) in [5.74, 6) is 1.41. The van der Waals surface area contributed by atoms with Crippen LogP contribution in [0.2, 0.25) is 0 Å². The maximum atomic E-state index is 13.4. The quantitative estimate of drug-likeness (QED) is 0.104. The number of pyridine rings is 1. The highest BCUT2D eigenvalue weighted by atomic mass is 16.2. The topological polar surface area (TPSA) is 142 Å². The van der Waals surface area contributed by atoms with Gasteiger partial charge in [0.1, 0.15) is 17.8 Å². The van der Waals surface area contributed by atoms with Crippen molar-refractivity contribution in [3.63, 3.8) is 0 Å². The van der Waals surface area contributed by atoms with E-state index in [1.54, 1.807) is 44.8 Å². The number of unbranched alkanes of at least 4 members (excludes halogenated alkanes) is 1. The first kappa shape index (κ1) is 30.7. The van der Waals surface area contributed by atoms with Crippen molar-refractivity contribution in [3.8, 4) is 23.0 Å². The number of hydrogen-bond donors (Lipinski definition) is 2. The summed E-state index contributed by atoms with van der Waals surface area (Å²) >= 11 is 0. The summed E-state index contributed by atoms with van der Waals surface area (Å²) in [4.78, 5) is 27.0. The zero-order valence-corrected chi connectivity index (χ0v) is 25.4. The molecular weight excluding hydrogens is 566 g/mol. The molecule has 0 bridgehead atoms. The standard InChI is InChI=1S/C33H35N11O/c1-3-10-29(40-32-36-22-27(19-34)31(41-32)44-18-9-16-38-44)13-7-8-17-43(33(45)37-20-25-11-5-4-6-12-25)30-15-14-26(21-35-30)28-23-39-42(2)24-28/h4-6,9,11-12,14-18,21-24,29H,3,7-8,10,13,20H2,1-2H3,(H-,36,37,40,41,45)/p+1/b43-17-/t29-/m1/s1. The number of benzene rings is 1. The monoisotopic (exact) mass is 602 g/mol. The Morgan fingerprint density at radius 3 is 2.60 bits per heavy atom. The lowest BCUT2D eigenvalue weighted by molar-refractivity contribution is -0.334. The number of anilines is 1. The van der Waals surface area contributed by atoms with E-state index in [1.165, 1.54) is 6.20 Å². The van der Waals surface area contributed by atoms with Gasteiger partial charge in [-0.25, -0.2) is 14.5 Å². The third-order valence-electron chi connectivity index (χ3n) is 7.19. The van der Waals surface area contributed by atoms with Crippen LogP contribution in [-0.2, 0) is 13.6 Å². The molecule has 4 heterocycles. The van der Waals surface area contributed by atoms with Crippen LogP contribution in [0.25, 0.3) is 16.9 Å². The predicted octanol–water partition coefficient (Wildman–Crippen LogP) is 5.41. The zero-order chi connectivity index (χ0) is 31.4. The molecule has 0 unspecified atom stereocenters. The largest absolute Gasteiger partial charge is 0.441 e. The Morgan fingerprint density at radius 1 is 1.04 bits per heavy atom. The highest BCUT2D eigenvalue weighted by Gasteiger charge is 2.19. The molecule has 0 saturated carbocycles. The van der Waals surface area contributed by atoms with E-state index in [4.69, 9.17) is 0 Å². The van der Waals surface area contributed by atoms with Gasteiger partial charge >= 0.3 is 6.03 Å². The summed E-state index contributed by atoms with van der Waals surface area (Å²) < 4.78 is 4.88.